The molecule has 0 heterocycles. The number of hydrogen-bond donors (Lipinski definition) is 1. The third kappa shape index (κ3) is 6.76. The summed E-state index contributed by atoms with van der Waals surface area (Å²) in [6.45, 7) is 4.06. The van der Waals surface area contributed by atoms with Crippen molar-refractivity contribution in [2.24, 2.45) is 5.92 Å². The van der Waals surface area contributed by atoms with E-state index in [0.29, 0.717) is 6.42 Å². The van der Waals surface area contributed by atoms with Gasteiger partial charge in [-0.15, -0.1) is 0 Å². The highest BCUT2D eigenvalue weighted by molar-refractivity contribution is 9.10. The van der Waals surface area contributed by atoms with Gasteiger partial charge < -0.3 is 10.1 Å². The summed E-state index contributed by atoms with van der Waals surface area (Å²) in [4.78, 5) is 12.5. The predicted molar refractivity (Wildman–Crippen MR) is 113 cm³/mol. The number of benzene rings is 2. The first kappa shape index (κ1) is 21.6. The molecule has 2 rings (SSSR count). The minimum atomic E-state index is -0.643. The van der Waals surface area contributed by atoms with E-state index in [1.54, 1.807) is 0 Å². The molecule has 0 aliphatic carbocycles. The Labute approximate surface area is 177 Å². The third-order valence-electron chi connectivity index (χ3n) is 3.97. The second-order valence-electron chi connectivity index (χ2n) is 6.61. The molecule has 0 spiro atoms. The van der Waals surface area contributed by atoms with Gasteiger partial charge in [-0.05, 0) is 47.7 Å². The zero-order valence-corrected chi connectivity index (χ0v) is 18.5. The van der Waals surface area contributed by atoms with Crippen molar-refractivity contribution in [1.82, 2.24) is 5.32 Å². The number of nitrogens with zero attached hydrogens (tertiary/aromatic N) is 1. The molecule has 1 N–H and O–H groups in total. The topological polar surface area (TPSA) is 62.1 Å². The van der Waals surface area contributed by atoms with E-state index in [9.17, 15) is 4.79 Å². The molecular formula is C21H22Br2N2O2. The molecule has 0 aromatic heterocycles. The number of nitriles is 1. The summed E-state index contributed by atoms with van der Waals surface area (Å²) >= 11 is 6.91. The van der Waals surface area contributed by atoms with Crippen molar-refractivity contribution in [1.29, 1.82) is 5.26 Å². The van der Waals surface area contributed by atoms with Crippen LogP contribution in [0.15, 0.2) is 57.5 Å². The van der Waals surface area contributed by atoms with Crippen LogP contribution in [0.4, 0.5) is 0 Å². The SMILES string of the molecule is CC(C)C[C@H](OC(c1ccc(Br)cc1)c1ccc(Br)cc1)C(=O)NCC#N. The van der Waals surface area contributed by atoms with Gasteiger partial charge in [0, 0.05) is 8.95 Å². The average molecular weight is 494 g/mol. The molecule has 0 bridgehead atoms. The normalized spacial score (nSPS) is 12.0. The van der Waals surface area contributed by atoms with Gasteiger partial charge >= 0.3 is 0 Å². The molecule has 0 aliphatic heterocycles. The lowest BCUT2D eigenvalue weighted by molar-refractivity contribution is -0.136. The minimum Gasteiger partial charge on any atom is -0.356 e. The zero-order chi connectivity index (χ0) is 19.8. The van der Waals surface area contributed by atoms with Crippen molar-refractivity contribution in [3.05, 3.63) is 68.6 Å². The number of rotatable bonds is 8. The Bertz CT molecular complexity index is 738. The number of carbonyl (C=O) groups excluding carboxylic acids is 1. The summed E-state index contributed by atoms with van der Waals surface area (Å²) in [6, 6.07) is 17.7. The molecule has 4 nitrogen and oxygen atoms in total. The Hall–Kier alpha value is -1.68. The van der Waals surface area contributed by atoms with Crippen molar-refractivity contribution in [2.45, 2.75) is 32.5 Å². The van der Waals surface area contributed by atoms with Crippen molar-refractivity contribution in [3.63, 3.8) is 0 Å². The fourth-order valence-electron chi connectivity index (χ4n) is 2.68. The second-order valence-corrected chi connectivity index (χ2v) is 8.44. The van der Waals surface area contributed by atoms with Crippen molar-refractivity contribution < 1.29 is 9.53 Å². The molecule has 2 aromatic rings. The molecule has 142 valence electrons. The van der Waals surface area contributed by atoms with Gasteiger partial charge in [-0.3, -0.25) is 4.79 Å². The minimum absolute atomic E-state index is 0.0297. The number of ether oxygens (including phenoxy) is 1. The first-order valence-corrected chi connectivity index (χ1v) is 10.3. The number of amides is 1. The average Bonchev–Trinajstić information content (AvgIpc) is 2.64. The van der Waals surface area contributed by atoms with Crippen LogP contribution in [-0.2, 0) is 9.53 Å². The fraction of sp³-hybridized carbons (Fsp3) is 0.333. The Morgan fingerprint density at radius 3 is 1.93 bits per heavy atom. The van der Waals surface area contributed by atoms with E-state index in [2.05, 4.69) is 37.2 Å². The van der Waals surface area contributed by atoms with Gasteiger partial charge in [0.1, 0.15) is 18.8 Å². The van der Waals surface area contributed by atoms with Crippen LogP contribution < -0.4 is 5.32 Å². The second kappa shape index (κ2) is 10.6. The molecule has 0 saturated heterocycles. The summed E-state index contributed by atoms with van der Waals surface area (Å²) in [5, 5.41) is 11.4. The first-order chi connectivity index (χ1) is 12.9. The van der Waals surface area contributed by atoms with E-state index >= 15 is 0 Å². The van der Waals surface area contributed by atoms with E-state index in [1.165, 1.54) is 0 Å². The van der Waals surface area contributed by atoms with Gasteiger partial charge in [0.05, 0.1) is 6.07 Å². The summed E-state index contributed by atoms with van der Waals surface area (Å²) in [5.41, 5.74) is 1.92. The predicted octanol–water partition coefficient (Wildman–Crippen LogP) is 5.37. The lowest BCUT2D eigenvalue weighted by Crippen LogP contribution is -2.38. The summed E-state index contributed by atoms with van der Waals surface area (Å²) < 4.78 is 8.28. The highest BCUT2D eigenvalue weighted by Crippen LogP contribution is 2.30. The van der Waals surface area contributed by atoms with Gasteiger partial charge in [0.2, 0.25) is 5.91 Å². The molecule has 0 aliphatic rings. The number of carbonyl (C=O) groups is 1. The first-order valence-electron chi connectivity index (χ1n) is 8.71. The standard InChI is InChI=1S/C21H22Br2N2O2/c1-14(2)13-19(21(26)25-12-11-24)27-20(15-3-7-17(22)8-4-15)16-5-9-18(23)10-6-16/h3-10,14,19-20H,12-13H2,1-2H3,(H,25,26)/t19-/m0/s1. The van der Waals surface area contributed by atoms with Crippen LogP contribution in [0.2, 0.25) is 0 Å². The monoisotopic (exact) mass is 492 g/mol. The van der Waals surface area contributed by atoms with Crippen molar-refractivity contribution in [2.75, 3.05) is 6.54 Å². The maximum absolute atomic E-state index is 12.5. The molecule has 0 unspecified atom stereocenters. The molecule has 27 heavy (non-hydrogen) atoms. The fourth-order valence-corrected chi connectivity index (χ4v) is 3.21. The van der Waals surface area contributed by atoms with Crippen LogP contribution in [0.1, 0.15) is 37.5 Å². The number of hydrogen-bond acceptors (Lipinski definition) is 3. The smallest absolute Gasteiger partial charge is 0.250 e. The lowest BCUT2D eigenvalue weighted by atomic mass is 10.00. The van der Waals surface area contributed by atoms with Crippen LogP contribution in [0, 0.1) is 17.2 Å². The molecule has 0 saturated carbocycles. The van der Waals surface area contributed by atoms with E-state index in [-0.39, 0.29) is 24.5 Å². The summed E-state index contributed by atoms with van der Waals surface area (Å²) in [5.74, 6) is 0.0165. The highest BCUT2D eigenvalue weighted by Gasteiger charge is 2.26. The van der Waals surface area contributed by atoms with E-state index in [0.717, 1.165) is 20.1 Å². The maximum atomic E-state index is 12.5. The van der Waals surface area contributed by atoms with Gasteiger partial charge in [-0.1, -0.05) is 70.0 Å². The zero-order valence-electron chi connectivity index (χ0n) is 15.3. The molecule has 2 aromatic carbocycles. The molecule has 0 radical (unpaired) electrons. The Balaban J connectivity index is 2.35. The van der Waals surface area contributed by atoms with E-state index in [4.69, 9.17) is 10.00 Å². The lowest BCUT2D eigenvalue weighted by Gasteiger charge is -2.26. The van der Waals surface area contributed by atoms with Gasteiger partial charge in [0.15, 0.2) is 0 Å². The van der Waals surface area contributed by atoms with Crippen LogP contribution in [0.5, 0.6) is 0 Å². The van der Waals surface area contributed by atoms with Crippen LogP contribution in [-0.4, -0.2) is 18.6 Å². The van der Waals surface area contributed by atoms with Gasteiger partial charge in [-0.25, -0.2) is 0 Å². The Kier molecular flexibility index (Phi) is 8.49. The number of nitrogens with one attached hydrogen (secondary N) is 1. The molecule has 1 amide bonds. The van der Waals surface area contributed by atoms with E-state index < -0.39 is 6.10 Å². The largest absolute Gasteiger partial charge is 0.356 e. The molecule has 1 atom stereocenters. The maximum Gasteiger partial charge on any atom is 0.250 e. The quantitative estimate of drug-likeness (QED) is 0.502. The summed E-state index contributed by atoms with van der Waals surface area (Å²) in [6.07, 6.45) is -0.459. The van der Waals surface area contributed by atoms with Gasteiger partial charge in [0.25, 0.3) is 0 Å². The van der Waals surface area contributed by atoms with Crippen LogP contribution in [0.25, 0.3) is 0 Å². The Morgan fingerprint density at radius 2 is 1.52 bits per heavy atom. The van der Waals surface area contributed by atoms with Crippen LogP contribution >= 0.6 is 31.9 Å². The Morgan fingerprint density at radius 1 is 1.04 bits per heavy atom. The molecule has 6 heteroatoms. The molecule has 0 fully saturated rings. The summed E-state index contributed by atoms with van der Waals surface area (Å²) in [7, 11) is 0. The van der Waals surface area contributed by atoms with Crippen LogP contribution in [0.3, 0.4) is 0 Å². The molecular weight excluding hydrogens is 472 g/mol. The third-order valence-corrected chi connectivity index (χ3v) is 5.02. The van der Waals surface area contributed by atoms with E-state index in [1.807, 2.05) is 68.4 Å². The van der Waals surface area contributed by atoms with Crippen molar-refractivity contribution >= 4 is 37.8 Å². The highest BCUT2D eigenvalue weighted by atomic mass is 79.9. The van der Waals surface area contributed by atoms with Crippen molar-refractivity contribution in [3.8, 4) is 6.07 Å². The van der Waals surface area contributed by atoms with Gasteiger partial charge in [-0.2, -0.15) is 5.26 Å². The number of halogens is 2.